The first-order chi connectivity index (χ1) is 17.6. The lowest BCUT2D eigenvalue weighted by atomic mass is 9.94. The molecule has 1 N–H and O–H groups in total. The number of anilines is 2. The normalized spacial score (nSPS) is 20.6. The van der Waals surface area contributed by atoms with Gasteiger partial charge in [-0.1, -0.05) is 6.92 Å². The molecule has 2 aliphatic rings. The largest absolute Gasteiger partial charge is 0.494 e. The summed E-state index contributed by atoms with van der Waals surface area (Å²) in [4.78, 5) is 13.2. The van der Waals surface area contributed by atoms with Gasteiger partial charge in [-0.05, 0) is 43.3 Å². The molecule has 0 spiro atoms. The number of piperidine rings is 1. The van der Waals surface area contributed by atoms with Crippen LogP contribution in [0, 0.1) is 11.7 Å². The molecule has 2 heterocycles. The van der Waals surface area contributed by atoms with Crippen LogP contribution in [0.5, 0.6) is 11.5 Å². The lowest BCUT2D eigenvalue weighted by Gasteiger charge is -2.34. The summed E-state index contributed by atoms with van der Waals surface area (Å²) in [7, 11) is 0. The molecular weight excluding hydrogens is 494 g/mol. The highest BCUT2D eigenvalue weighted by Gasteiger charge is 2.48. The maximum atomic E-state index is 14.4. The molecule has 37 heavy (non-hydrogen) atoms. The van der Waals surface area contributed by atoms with E-state index in [1.54, 1.807) is 36.4 Å². The number of aliphatic carboxylic acids is 1. The van der Waals surface area contributed by atoms with Gasteiger partial charge in [-0.25, -0.2) is 4.39 Å². The molecule has 2 aliphatic heterocycles. The van der Waals surface area contributed by atoms with Crippen molar-refractivity contribution in [3.05, 3.63) is 48.3 Å². The molecule has 2 aromatic rings. The van der Waals surface area contributed by atoms with Crippen molar-refractivity contribution in [1.29, 1.82) is 0 Å². The van der Waals surface area contributed by atoms with Crippen LogP contribution in [0.3, 0.4) is 0 Å². The standard InChI is InChI=1S/C26H29F4N3O4/c1-3-36-20-8-9-21(27)23(14-20)32-12-10-19(11-13-32)37-18-6-4-17(5-7-18)33-22(15-24(34)35)16(2)25(31-33)26(28,29)30/h4-9,14,16,19,22H,3,10-13,15H2,1-2H3,(H,34,35)/t16-,22-/m0/s1. The van der Waals surface area contributed by atoms with Gasteiger partial charge in [0, 0.05) is 37.9 Å². The number of hydrazone groups is 1. The van der Waals surface area contributed by atoms with E-state index in [4.69, 9.17) is 9.47 Å². The molecule has 2 aromatic carbocycles. The zero-order valence-electron chi connectivity index (χ0n) is 20.5. The fourth-order valence-electron chi connectivity index (χ4n) is 4.76. The Labute approximate surface area is 212 Å². The predicted octanol–water partition coefficient (Wildman–Crippen LogP) is 5.49. The number of hydrogen-bond acceptors (Lipinski definition) is 6. The molecule has 0 saturated carbocycles. The van der Waals surface area contributed by atoms with Gasteiger partial charge in [0.2, 0.25) is 0 Å². The summed E-state index contributed by atoms with van der Waals surface area (Å²) in [6.07, 6.45) is -3.92. The zero-order valence-corrected chi connectivity index (χ0v) is 20.5. The monoisotopic (exact) mass is 523 g/mol. The Morgan fingerprint density at radius 2 is 1.76 bits per heavy atom. The number of rotatable bonds is 8. The van der Waals surface area contributed by atoms with Crippen LogP contribution >= 0.6 is 0 Å². The topological polar surface area (TPSA) is 74.6 Å². The van der Waals surface area contributed by atoms with Crippen LogP contribution in [0.4, 0.5) is 28.9 Å². The van der Waals surface area contributed by atoms with Crippen molar-refractivity contribution >= 4 is 23.1 Å². The van der Waals surface area contributed by atoms with Crippen molar-refractivity contribution < 1.29 is 36.9 Å². The second-order valence-corrected chi connectivity index (χ2v) is 9.13. The molecule has 1 saturated heterocycles. The van der Waals surface area contributed by atoms with E-state index >= 15 is 0 Å². The van der Waals surface area contributed by atoms with Gasteiger partial charge in [-0.3, -0.25) is 9.80 Å². The number of nitrogens with zero attached hydrogens (tertiary/aromatic N) is 3. The number of hydrogen-bond donors (Lipinski definition) is 1. The molecule has 200 valence electrons. The lowest BCUT2D eigenvalue weighted by molar-refractivity contribution is -0.137. The van der Waals surface area contributed by atoms with Gasteiger partial charge in [0.05, 0.1) is 30.4 Å². The highest BCUT2D eigenvalue weighted by Crippen LogP contribution is 2.37. The molecule has 7 nitrogen and oxygen atoms in total. The van der Waals surface area contributed by atoms with Crippen molar-refractivity contribution in [3.8, 4) is 11.5 Å². The SMILES string of the molecule is CCOc1ccc(F)c(N2CCC(Oc3ccc(N4N=C(C(F)(F)F)[C@@H](C)[C@@H]4CC(=O)O)cc3)CC2)c1. The third-order valence-corrected chi connectivity index (χ3v) is 6.63. The molecule has 4 rings (SSSR count). The molecule has 0 aliphatic carbocycles. The summed E-state index contributed by atoms with van der Waals surface area (Å²) in [5.74, 6) is -1.45. The van der Waals surface area contributed by atoms with Crippen molar-refractivity contribution in [2.24, 2.45) is 11.0 Å². The quantitative estimate of drug-likeness (QED) is 0.462. The van der Waals surface area contributed by atoms with Crippen molar-refractivity contribution in [2.75, 3.05) is 29.6 Å². The fraction of sp³-hybridized carbons (Fsp3) is 0.462. The Balaban J connectivity index is 1.40. The minimum absolute atomic E-state index is 0.110. The van der Waals surface area contributed by atoms with E-state index in [-0.39, 0.29) is 11.9 Å². The van der Waals surface area contributed by atoms with E-state index in [1.807, 2.05) is 11.8 Å². The second kappa shape index (κ2) is 10.9. The lowest BCUT2D eigenvalue weighted by Crippen LogP contribution is -2.38. The van der Waals surface area contributed by atoms with Gasteiger partial charge < -0.3 is 19.5 Å². The van der Waals surface area contributed by atoms with E-state index < -0.39 is 36.2 Å². The third-order valence-electron chi connectivity index (χ3n) is 6.63. The van der Waals surface area contributed by atoms with Crippen molar-refractivity contribution in [1.82, 2.24) is 0 Å². The summed E-state index contributed by atoms with van der Waals surface area (Å²) in [5, 5.41) is 14.1. The Morgan fingerprint density at radius 3 is 2.35 bits per heavy atom. The second-order valence-electron chi connectivity index (χ2n) is 9.13. The number of carbonyl (C=O) groups is 1. The van der Waals surface area contributed by atoms with Gasteiger partial charge in [0.25, 0.3) is 0 Å². The summed E-state index contributed by atoms with van der Waals surface area (Å²) in [6.45, 7) is 4.88. The van der Waals surface area contributed by atoms with Gasteiger partial charge >= 0.3 is 12.1 Å². The van der Waals surface area contributed by atoms with E-state index in [1.165, 1.54) is 13.0 Å². The van der Waals surface area contributed by atoms with Crippen LogP contribution in [-0.2, 0) is 4.79 Å². The van der Waals surface area contributed by atoms with Gasteiger partial charge in [-0.2, -0.15) is 18.3 Å². The Kier molecular flexibility index (Phi) is 7.79. The zero-order chi connectivity index (χ0) is 26.7. The summed E-state index contributed by atoms with van der Waals surface area (Å²) in [5.41, 5.74) is -0.151. The number of halogens is 4. The van der Waals surface area contributed by atoms with Crippen LogP contribution in [0.1, 0.15) is 33.1 Å². The fourth-order valence-corrected chi connectivity index (χ4v) is 4.76. The van der Waals surface area contributed by atoms with E-state index in [2.05, 4.69) is 5.10 Å². The number of benzene rings is 2. The summed E-state index contributed by atoms with van der Waals surface area (Å²) in [6, 6.07) is 10.2. The first kappa shape index (κ1) is 26.6. The maximum Gasteiger partial charge on any atom is 0.431 e. The van der Waals surface area contributed by atoms with Crippen molar-refractivity contribution in [3.63, 3.8) is 0 Å². The predicted molar refractivity (Wildman–Crippen MR) is 131 cm³/mol. The minimum atomic E-state index is -4.64. The molecule has 0 bridgehead atoms. The van der Waals surface area contributed by atoms with Gasteiger partial charge in [0.1, 0.15) is 29.1 Å². The number of alkyl halides is 3. The highest BCUT2D eigenvalue weighted by molar-refractivity contribution is 5.95. The van der Waals surface area contributed by atoms with Crippen LogP contribution in [0.25, 0.3) is 0 Å². The third kappa shape index (κ3) is 6.08. The van der Waals surface area contributed by atoms with Gasteiger partial charge in [0.15, 0.2) is 0 Å². The minimum Gasteiger partial charge on any atom is -0.494 e. The van der Waals surface area contributed by atoms with E-state index in [0.29, 0.717) is 55.4 Å². The molecule has 0 amide bonds. The van der Waals surface area contributed by atoms with Gasteiger partial charge in [-0.15, -0.1) is 0 Å². The summed E-state index contributed by atoms with van der Waals surface area (Å²) < 4.78 is 66.1. The van der Waals surface area contributed by atoms with Crippen LogP contribution in [-0.4, -0.2) is 54.8 Å². The molecule has 0 unspecified atom stereocenters. The first-order valence-corrected chi connectivity index (χ1v) is 12.2. The van der Waals surface area contributed by atoms with Crippen LogP contribution in [0.2, 0.25) is 0 Å². The first-order valence-electron chi connectivity index (χ1n) is 12.2. The Morgan fingerprint density at radius 1 is 1.11 bits per heavy atom. The average molecular weight is 524 g/mol. The molecule has 1 fully saturated rings. The Hall–Kier alpha value is -3.50. The van der Waals surface area contributed by atoms with Crippen LogP contribution < -0.4 is 19.4 Å². The summed E-state index contributed by atoms with van der Waals surface area (Å²) >= 11 is 0. The molecule has 2 atom stereocenters. The number of carboxylic acid groups (broad SMARTS) is 1. The average Bonchev–Trinajstić information content (AvgIpc) is 3.17. The smallest absolute Gasteiger partial charge is 0.431 e. The number of ether oxygens (including phenoxy) is 2. The maximum absolute atomic E-state index is 14.4. The van der Waals surface area contributed by atoms with Crippen LogP contribution in [0.15, 0.2) is 47.6 Å². The van der Waals surface area contributed by atoms with E-state index in [0.717, 1.165) is 5.01 Å². The number of carboxylic acids is 1. The molecule has 0 aromatic heterocycles. The molecule has 0 radical (unpaired) electrons. The molecule has 11 heteroatoms. The highest BCUT2D eigenvalue weighted by atomic mass is 19.4. The molecular formula is C26H29F4N3O4. The van der Waals surface area contributed by atoms with Crippen molar-refractivity contribution in [2.45, 2.75) is 51.4 Å². The Bertz CT molecular complexity index is 1130. The van der Waals surface area contributed by atoms with E-state index in [9.17, 15) is 27.5 Å².